The molecule has 134 valence electrons. The first-order chi connectivity index (χ1) is 11.1. The third-order valence-electron chi connectivity index (χ3n) is 3.23. The van der Waals surface area contributed by atoms with Crippen molar-refractivity contribution in [2.45, 2.75) is 39.6 Å². The molecule has 0 aliphatic carbocycles. The minimum Gasteiger partial charge on any atom is -0.406 e. The van der Waals surface area contributed by atoms with Gasteiger partial charge in [0.1, 0.15) is 11.6 Å². The second kappa shape index (κ2) is 8.82. The van der Waals surface area contributed by atoms with E-state index in [0.717, 1.165) is 36.0 Å². The summed E-state index contributed by atoms with van der Waals surface area (Å²) in [6, 6.07) is 3.01. The first-order valence-electron chi connectivity index (χ1n) is 7.55. The number of nitrogens with zero attached hydrogens (tertiary/aromatic N) is 2. The second-order valence-electron chi connectivity index (χ2n) is 5.56. The first kappa shape index (κ1) is 20.2. The molecule has 0 atom stereocenters. The SMILES string of the molecule is C=C(C)/N=C(\CC)CCN(C)Cc1cc(OC(F)(F)F)ccc1F. The van der Waals surface area contributed by atoms with Crippen molar-refractivity contribution >= 4 is 5.71 Å². The Morgan fingerprint density at radius 3 is 2.54 bits per heavy atom. The molecule has 24 heavy (non-hydrogen) atoms. The molecule has 1 rings (SSSR count). The van der Waals surface area contributed by atoms with Gasteiger partial charge in [0.2, 0.25) is 0 Å². The molecule has 0 spiro atoms. The zero-order valence-electron chi connectivity index (χ0n) is 14.1. The van der Waals surface area contributed by atoms with Crippen molar-refractivity contribution in [3.8, 4) is 5.75 Å². The maximum absolute atomic E-state index is 13.8. The molecule has 0 saturated carbocycles. The van der Waals surface area contributed by atoms with Gasteiger partial charge in [-0.25, -0.2) is 4.39 Å². The van der Waals surface area contributed by atoms with Crippen LogP contribution >= 0.6 is 0 Å². The number of ether oxygens (including phenoxy) is 1. The van der Waals surface area contributed by atoms with E-state index in [1.54, 1.807) is 14.0 Å². The predicted octanol–water partition coefficient (Wildman–Crippen LogP) is 4.93. The summed E-state index contributed by atoms with van der Waals surface area (Å²) in [6.07, 6.45) is -3.33. The summed E-state index contributed by atoms with van der Waals surface area (Å²) >= 11 is 0. The molecular formula is C17H22F4N2O. The lowest BCUT2D eigenvalue weighted by Crippen LogP contribution is -2.22. The van der Waals surface area contributed by atoms with E-state index in [-0.39, 0.29) is 12.1 Å². The Bertz CT molecular complexity index is 597. The van der Waals surface area contributed by atoms with E-state index in [1.165, 1.54) is 0 Å². The molecule has 1 aromatic rings. The Balaban J connectivity index is 2.71. The Morgan fingerprint density at radius 1 is 1.33 bits per heavy atom. The van der Waals surface area contributed by atoms with Crippen molar-refractivity contribution in [2.75, 3.05) is 13.6 Å². The Hall–Kier alpha value is -1.89. The van der Waals surface area contributed by atoms with E-state index in [1.807, 2.05) is 11.8 Å². The van der Waals surface area contributed by atoms with Crippen molar-refractivity contribution in [1.29, 1.82) is 0 Å². The van der Waals surface area contributed by atoms with Crippen LogP contribution in [0.3, 0.4) is 0 Å². The van der Waals surface area contributed by atoms with Crippen LogP contribution in [-0.2, 0) is 6.54 Å². The average Bonchev–Trinajstić information content (AvgIpc) is 2.45. The van der Waals surface area contributed by atoms with Gasteiger partial charge in [-0.05, 0) is 45.0 Å². The maximum atomic E-state index is 13.8. The van der Waals surface area contributed by atoms with Gasteiger partial charge in [-0.15, -0.1) is 13.2 Å². The number of halogens is 4. The largest absolute Gasteiger partial charge is 0.573 e. The van der Waals surface area contributed by atoms with Gasteiger partial charge in [-0.3, -0.25) is 4.99 Å². The molecule has 0 fully saturated rings. The minimum absolute atomic E-state index is 0.147. The molecule has 0 radical (unpaired) electrons. The summed E-state index contributed by atoms with van der Waals surface area (Å²) < 4.78 is 54.4. The summed E-state index contributed by atoms with van der Waals surface area (Å²) in [7, 11) is 1.77. The molecule has 0 aliphatic rings. The van der Waals surface area contributed by atoms with Gasteiger partial charge in [-0.1, -0.05) is 13.5 Å². The van der Waals surface area contributed by atoms with E-state index in [9.17, 15) is 17.6 Å². The topological polar surface area (TPSA) is 24.8 Å². The number of rotatable bonds is 8. The molecule has 0 amide bonds. The highest BCUT2D eigenvalue weighted by Crippen LogP contribution is 2.25. The van der Waals surface area contributed by atoms with E-state index < -0.39 is 17.9 Å². The first-order valence-corrected chi connectivity index (χ1v) is 7.55. The Morgan fingerprint density at radius 2 is 2.00 bits per heavy atom. The number of hydrogen-bond donors (Lipinski definition) is 0. The average molecular weight is 346 g/mol. The van der Waals surface area contributed by atoms with Crippen LogP contribution in [0.25, 0.3) is 0 Å². The molecule has 7 heteroatoms. The molecule has 0 bridgehead atoms. The Kier molecular flexibility index (Phi) is 7.41. The van der Waals surface area contributed by atoms with Crippen LogP contribution in [-0.4, -0.2) is 30.6 Å². The molecule has 1 aromatic carbocycles. The van der Waals surface area contributed by atoms with Crippen LogP contribution < -0.4 is 4.74 Å². The minimum atomic E-state index is -4.80. The lowest BCUT2D eigenvalue weighted by molar-refractivity contribution is -0.274. The Labute approximate surface area is 139 Å². The van der Waals surface area contributed by atoms with Crippen molar-refractivity contribution in [3.05, 3.63) is 41.9 Å². The zero-order chi connectivity index (χ0) is 18.3. The highest BCUT2D eigenvalue weighted by Gasteiger charge is 2.31. The number of benzene rings is 1. The van der Waals surface area contributed by atoms with Crippen LogP contribution in [0.2, 0.25) is 0 Å². The monoisotopic (exact) mass is 346 g/mol. The van der Waals surface area contributed by atoms with E-state index in [4.69, 9.17) is 0 Å². The normalized spacial score (nSPS) is 12.6. The molecular weight excluding hydrogens is 324 g/mol. The summed E-state index contributed by atoms with van der Waals surface area (Å²) in [4.78, 5) is 6.14. The summed E-state index contributed by atoms with van der Waals surface area (Å²) in [5, 5.41) is 0. The number of allylic oxidation sites excluding steroid dienone is 1. The molecule has 0 unspecified atom stereocenters. The molecule has 0 aromatic heterocycles. The smallest absolute Gasteiger partial charge is 0.406 e. The lowest BCUT2D eigenvalue weighted by atomic mass is 10.1. The van der Waals surface area contributed by atoms with Crippen LogP contribution in [0.1, 0.15) is 32.3 Å². The van der Waals surface area contributed by atoms with E-state index in [0.29, 0.717) is 13.0 Å². The number of hydrogen-bond acceptors (Lipinski definition) is 3. The van der Waals surface area contributed by atoms with Crippen LogP contribution in [0.15, 0.2) is 35.5 Å². The number of aliphatic imine (C=N–C) groups is 1. The van der Waals surface area contributed by atoms with Gasteiger partial charge in [0.05, 0.1) is 0 Å². The van der Waals surface area contributed by atoms with Crippen molar-refractivity contribution in [2.24, 2.45) is 4.99 Å². The van der Waals surface area contributed by atoms with Crippen LogP contribution in [0.4, 0.5) is 17.6 Å². The molecule has 0 heterocycles. The maximum Gasteiger partial charge on any atom is 0.573 e. The van der Waals surface area contributed by atoms with E-state index >= 15 is 0 Å². The molecule has 0 aliphatic heterocycles. The van der Waals surface area contributed by atoms with Gasteiger partial charge < -0.3 is 9.64 Å². The van der Waals surface area contributed by atoms with E-state index in [2.05, 4.69) is 16.3 Å². The standard InChI is InChI=1S/C17H22F4N2O/c1-5-14(22-12(2)3)8-9-23(4)11-13-10-15(6-7-16(13)18)24-17(19,20)21/h6-7,10H,2,5,8-9,11H2,1,3-4H3/b22-14+. The molecule has 3 nitrogen and oxygen atoms in total. The fourth-order valence-corrected chi connectivity index (χ4v) is 2.14. The van der Waals surface area contributed by atoms with Gasteiger partial charge in [0, 0.05) is 30.1 Å². The lowest BCUT2D eigenvalue weighted by Gasteiger charge is -2.18. The van der Waals surface area contributed by atoms with Crippen LogP contribution in [0.5, 0.6) is 5.75 Å². The van der Waals surface area contributed by atoms with Gasteiger partial charge >= 0.3 is 6.36 Å². The quantitative estimate of drug-likeness (QED) is 0.492. The summed E-state index contributed by atoms with van der Waals surface area (Å²) in [5.41, 5.74) is 1.84. The summed E-state index contributed by atoms with van der Waals surface area (Å²) in [5.74, 6) is -0.993. The zero-order valence-corrected chi connectivity index (χ0v) is 14.1. The number of alkyl halides is 3. The highest BCUT2D eigenvalue weighted by molar-refractivity contribution is 5.85. The highest BCUT2D eigenvalue weighted by atomic mass is 19.4. The van der Waals surface area contributed by atoms with Crippen molar-refractivity contribution < 1.29 is 22.3 Å². The van der Waals surface area contributed by atoms with Crippen molar-refractivity contribution in [3.63, 3.8) is 0 Å². The van der Waals surface area contributed by atoms with Crippen LogP contribution in [0, 0.1) is 5.82 Å². The third kappa shape index (κ3) is 7.59. The van der Waals surface area contributed by atoms with Gasteiger partial charge in [0.25, 0.3) is 0 Å². The van der Waals surface area contributed by atoms with Crippen molar-refractivity contribution in [1.82, 2.24) is 4.90 Å². The third-order valence-corrected chi connectivity index (χ3v) is 3.23. The molecule has 0 saturated heterocycles. The fraction of sp³-hybridized carbons (Fsp3) is 0.471. The molecule has 0 N–H and O–H groups in total. The summed E-state index contributed by atoms with van der Waals surface area (Å²) in [6.45, 7) is 8.30. The van der Waals surface area contributed by atoms with Gasteiger partial charge in [0.15, 0.2) is 0 Å². The fourth-order valence-electron chi connectivity index (χ4n) is 2.14. The van der Waals surface area contributed by atoms with Gasteiger partial charge in [-0.2, -0.15) is 0 Å². The predicted molar refractivity (Wildman–Crippen MR) is 86.6 cm³/mol. The second-order valence-corrected chi connectivity index (χ2v) is 5.56.